The molecule has 152 valence electrons. The van der Waals surface area contributed by atoms with Crippen LogP contribution in [0.1, 0.15) is 49.9 Å². The van der Waals surface area contributed by atoms with Crippen LogP contribution in [0.5, 0.6) is 0 Å². The second kappa shape index (κ2) is 8.21. The third-order valence-electron chi connectivity index (χ3n) is 5.34. The first kappa shape index (κ1) is 19.4. The smallest absolute Gasteiger partial charge is 0.255 e. The summed E-state index contributed by atoms with van der Waals surface area (Å²) < 4.78 is 1.79. The first-order valence-corrected chi connectivity index (χ1v) is 10.2. The second-order valence-electron chi connectivity index (χ2n) is 8.01. The van der Waals surface area contributed by atoms with Gasteiger partial charge in [-0.05, 0) is 51.7 Å². The number of pyridine rings is 1. The van der Waals surface area contributed by atoms with Gasteiger partial charge in [0.05, 0.1) is 29.1 Å². The van der Waals surface area contributed by atoms with Crippen LogP contribution in [-0.4, -0.2) is 43.8 Å². The number of aromatic nitrogens is 3. The van der Waals surface area contributed by atoms with Gasteiger partial charge in [-0.25, -0.2) is 4.52 Å². The molecule has 0 bridgehead atoms. The zero-order valence-electron chi connectivity index (χ0n) is 16.8. The van der Waals surface area contributed by atoms with Crippen LogP contribution in [0.25, 0.3) is 16.6 Å². The van der Waals surface area contributed by atoms with Gasteiger partial charge in [-0.2, -0.15) is 5.10 Å². The number of hydrogen-bond acceptors (Lipinski definition) is 5. The van der Waals surface area contributed by atoms with E-state index in [0.717, 1.165) is 48.0 Å². The highest BCUT2D eigenvalue weighted by Crippen LogP contribution is 2.29. The van der Waals surface area contributed by atoms with Crippen LogP contribution in [-0.2, 0) is 0 Å². The summed E-state index contributed by atoms with van der Waals surface area (Å²) in [5.74, 6) is -0.131. The van der Waals surface area contributed by atoms with E-state index in [1.165, 1.54) is 0 Å². The van der Waals surface area contributed by atoms with Gasteiger partial charge in [-0.1, -0.05) is 6.07 Å². The lowest BCUT2D eigenvalue weighted by Gasteiger charge is -2.26. The van der Waals surface area contributed by atoms with Gasteiger partial charge in [-0.3, -0.25) is 9.78 Å². The predicted molar refractivity (Wildman–Crippen MR) is 113 cm³/mol. The summed E-state index contributed by atoms with van der Waals surface area (Å²) >= 11 is 0. The molecule has 1 saturated carbocycles. The molecule has 4 rings (SSSR count). The van der Waals surface area contributed by atoms with Crippen molar-refractivity contribution in [3.8, 4) is 11.1 Å². The van der Waals surface area contributed by atoms with Crippen LogP contribution in [0.2, 0.25) is 0 Å². The standard InChI is InChI=1S/C22H27N5O2/c1-14(2)25-21-19(22(29)26-17-5-7-18(28)8-6-17)12-24-27-13-16(10-20(21)27)15-4-3-9-23-11-15/h3-4,9-14,17-18,25,28H,5-8H2,1-2H3,(H,26,29). The number of nitrogens with one attached hydrogen (secondary N) is 2. The average Bonchev–Trinajstić information content (AvgIpc) is 3.15. The molecular formula is C22H27N5O2. The number of rotatable bonds is 5. The van der Waals surface area contributed by atoms with Gasteiger partial charge < -0.3 is 15.7 Å². The number of fused-ring (bicyclic) bond motifs is 1. The Morgan fingerprint density at radius 1 is 1.21 bits per heavy atom. The molecule has 29 heavy (non-hydrogen) atoms. The SMILES string of the molecule is CC(C)Nc1c(C(=O)NC2CCC(O)CC2)cnn2cc(-c3cccnc3)cc12. The van der Waals surface area contributed by atoms with Crippen molar-refractivity contribution in [3.63, 3.8) is 0 Å². The van der Waals surface area contributed by atoms with E-state index in [0.29, 0.717) is 5.56 Å². The van der Waals surface area contributed by atoms with E-state index in [2.05, 4.69) is 20.7 Å². The largest absolute Gasteiger partial charge is 0.393 e. The highest BCUT2D eigenvalue weighted by atomic mass is 16.3. The molecule has 0 radical (unpaired) electrons. The molecule has 1 amide bonds. The van der Waals surface area contributed by atoms with Gasteiger partial charge in [0.1, 0.15) is 0 Å². The Balaban J connectivity index is 1.68. The van der Waals surface area contributed by atoms with Gasteiger partial charge in [0.2, 0.25) is 0 Å². The molecular weight excluding hydrogens is 366 g/mol. The third kappa shape index (κ3) is 4.24. The van der Waals surface area contributed by atoms with E-state index in [9.17, 15) is 9.90 Å². The molecule has 0 saturated heterocycles. The zero-order valence-corrected chi connectivity index (χ0v) is 16.8. The molecule has 0 spiro atoms. The van der Waals surface area contributed by atoms with Crippen LogP contribution in [0, 0.1) is 0 Å². The minimum Gasteiger partial charge on any atom is -0.393 e. The lowest BCUT2D eigenvalue weighted by Crippen LogP contribution is -2.39. The number of amides is 1. The molecule has 3 heterocycles. The normalized spacial score (nSPS) is 19.4. The van der Waals surface area contributed by atoms with E-state index in [1.54, 1.807) is 16.9 Å². The van der Waals surface area contributed by atoms with Crippen LogP contribution in [0.3, 0.4) is 0 Å². The van der Waals surface area contributed by atoms with Crippen molar-refractivity contribution in [3.05, 3.63) is 48.5 Å². The van der Waals surface area contributed by atoms with Gasteiger partial charge >= 0.3 is 0 Å². The summed E-state index contributed by atoms with van der Waals surface area (Å²) in [6, 6.07) is 6.18. The van der Waals surface area contributed by atoms with Gasteiger partial charge in [0, 0.05) is 41.8 Å². The Kier molecular flexibility index (Phi) is 5.49. The fraction of sp³-hybridized carbons (Fsp3) is 0.409. The van der Waals surface area contributed by atoms with Crippen molar-refractivity contribution in [2.75, 3.05) is 5.32 Å². The summed E-state index contributed by atoms with van der Waals surface area (Å²) in [6.07, 6.45) is 9.94. The van der Waals surface area contributed by atoms with E-state index in [1.807, 2.05) is 44.4 Å². The maximum absolute atomic E-state index is 13.0. The fourth-order valence-corrected chi connectivity index (χ4v) is 3.84. The second-order valence-corrected chi connectivity index (χ2v) is 8.01. The predicted octanol–water partition coefficient (Wildman–Crippen LogP) is 3.25. The molecule has 0 aromatic carbocycles. The highest BCUT2D eigenvalue weighted by molar-refractivity contribution is 6.03. The van der Waals surface area contributed by atoms with Crippen LogP contribution < -0.4 is 10.6 Å². The molecule has 1 aliphatic carbocycles. The number of hydrogen-bond donors (Lipinski definition) is 3. The lowest BCUT2D eigenvalue weighted by atomic mass is 9.93. The monoisotopic (exact) mass is 393 g/mol. The Labute approximate surface area is 170 Å². The average molecular weight is 393 g/mol. The lowest BCUT2D eigenvalue weighted by molar-refractivity contribution is 0.0868. The maximum atomic E-state index is 13.0. The quantitative estimate of drug-likeness (QED) is 0.619. The van der Waals surface area contributed by atoms with Crippen LogP contribution >= 0.6 is 0 Å². The number of aliphatic hydroxyl groups is 1. The first-order valence-electron chi connectivity index (χ1n) is 10.2. The minimum absolute atomic E-state index is 0.0896. The Morgan fingerprint density at radius 2 is 2.00 bits per heavy atom. The number of nitrogens with zero attached hydrogens (tertiary/aromatic N) is 3. The Morgan fingerprint density at radius 3 is 2.69 bits per heavy atom. The maximum Gasteiger partial charge on any atom is 0.255 e. The molecule has 1 fully saturated rings. The van der Waals surface area contributed by atoms with Gasteiger partial charge in [0.25, 0.3) is 5.91 Å². The summed E-state index contributed by atoms with van der Waals surface area (Å²) in [4.78, 5) is 17.2. The molecule has 3 aromatic heterocycles. The molecule has 0 aliphatic heterocycles. The van der Waals surface area contributed by atoms with Gasteiger partial charge in [-0.15, -0.1) is 0 Å². The summed E-state index contributed by atoms with van der Waals surface area (Å²) in [7, 11) is 0. The molecule has 7 heteroatoms. The van der Waals surface area contributed by atoms with E-state index in [4.69, 9.17) is 0 Å². The van der Waals surface area contributed by atoms with E-state index in [-0.39, 0.29) is 24.1 Å². The van der Waals surface area contributed by atoms with Crippen LogP contribution in [0.15, 0.2) is 43.0 Å². The molecule has 3 N–H and O–H groups in total. The van der Waals surface area contributed by atoms with Gasteiger partial charge in [0.15, 0.2) is 0 Å². The van der Waals surface area contributed by atoms with Crippen molar-refractivity contribution in [1.82, 2.24) is 19.9 Å². The first-order chi connectivity index (χ1) is 14.0. The molecule has 1 aliphatic rings. The number of carbonyl (C=O) groups excluding carboxylic acids is 1. The summed E-state index contributed by atoms with van der Waals surface area (Å²) in [6.45, 7) is 4.10. The van der Waals surface area contributed by atoms with Crippen molar-refractivity contribution < 1.29 is 9.90 Å². The molecule has 7 nitrogen and oxygen atoms in total. The number of aliphatic hydroxyl groups excluding tert-OH is 1. The Bertz CT molecular complexity index is 991. The minimum atomic E-state index is -0.244. The van der Waals surface area contributed by atoms with Crippen molar-refractivity contribution in [2.45, 2.75) is 57.7 Å². The summed E-state index contributed by atoms with van der Waals surface area (Å²) in [5.41, 5.74) is 4.16. The molecule has 3 aromatic rings. The molecule has 0 atom stereocenters. The van der Waals surface area contributed by atoms with E-state index < -0.39 is 0 Å². The van der Waals surface area contributed by atoms with Crippen molar-refractivity contribution in [1.29, 1.82) is 0 Å². The zero-order chi connectivity index (χ0) is 20.4. The third-order valence-corrected chi connectivity index (χ3v) is 5.34. The van der Waals surface area contributed by atoms with Crippen LogP contribution in [0.4, 0.5) is 5.69 Å². The Hall–Kier alpha value is -2.93. The van der Waals surface area contributed by atoms with E-state index >= 15 is 0 Å². The highest BCUT2D eigenvalue weighted by Gasteiger charge is 2.24. The number of carbonyl (C=O) groups is 1. The number of anilines is 1. The molecule has 0 unspecified atom stereocenters. The topological polar surface area (TPSA) is 91.5 Å². The summed E-state index contributed by atoms with van der Waals surface area (Å²) in [5, 5.41) is 20.7. The fourth-order valence-electron chi connectivity index (χ4n) is 3.84. The van der Waals surface area contributed by atoms with Crippen molar-refractivity contribution in [2.24, 2.45) is 0 Å². The van der Waals surface area contributed by atoms with Crippen molar-refractivity contribution >= 4 is 17.1 Å².